The summed E-state index contributed by atoms with van der Waals surface area (Å²) in [6, 6.07) is 20.6. The Balaban J connectivity index is 1.31. The lowest BCUT2D eigenvalue weighted by Gasteiger charge is -2.20. The van der Waals surface area contributed by atoms with Crippen molar-refractivity contribution in [2.45, 2.75) is 31.8 Å². The minimum absolute atomic E-state index is 0.126. The highest BCUT2D eigenvalue weighted by Gasteiger charge is 2.23. The molecule has 10 heteroatoms. The number of pyridine rings is 1. The van der Waals surface area contributed by atoms with Crippen molar-refractivity contribution in [1.82, 2.24) is 15.6 Å². The van der Waals surface area contributed by atoms with Gasteiger partial charge in [0.05, 0.1) is 18.3 Å². The Bertz CT molecular complexity index is 1450. The zero-order valence-electron chi connectivity index (χ0n) is 22.2. The molecule has 0 aliphatic heterocycles. The van der Waals surface area contributed by atoms with E-state index >= 15 is 0 Å². The molecule has 4 aromatic rings. The second kappa shape index (κ2) is 14.0. The fourth-order valence-electron chi connectivity index (χ4n) is 4.23. The van der Waals surface area contributed by atoms with Crippen LogP contribution in [0.3, 0.4) is 0 Å². The number of urea groups is 1. The van der Waals surface area contributed by atoms with Crippen LogP contribution in [0.2, 0.25) is 5.02 Å². The maximum absolute atomic E-state index is 13.1. The Kier molecular flexibility index (Phi) is 10.2. The maximum atomic E-state index is 13.1. The Hall–Kier alpha value is -3.82. The van der Waals surface area contributed by atoms with Crippen LogP contribution in [0.4, 0.5) is 16.2 Å². The molecule has 2 unspecified atom stereocenters. The number of benzene rings is 3. The molecular weight excluding hydrogens is 594 g/mol. The van der Waals surface area contributed by atoms with Crippen LogP contribution in [0, 0.1) is 0 Å². The number of carbonyl (C=O) groups excluding carboxylic acids is 2. The first kappa shape index (κ1) is 29.2. The summed E-state index contributed by atoms with van der Waals surface area (Å²) in [5, 5.41) is 13.6. The van der Waals surface area contributed by atoms with Gasteiger partial charge in [0.1, 0.15) is 11.8 Å². The van der Waals surface area contributed by atoms with Crippen molar-refractivity contribution in [3.8, 4) is 5.75 Å². The van der Waals surface area contributed by atoms with Crippen molar-refractivity contribution in [3.63, 3.8) is 0 Å². The standard InChI is InChI=1S/C30H31BrClN5O3/c1-19(35-26-18-25(40-2)17-21-6-4-15-33-27(21)26)5-3-16-34-30(39)37-28(20-7-11-23(32)12-8-20)29(38)36-24-13-9-22(31)10-14-24/h4,6-15,17-19,28,35H,3,5,16H2,1-2H3,(H,36,38)(H2,34,37,39). The molecule has 0 aliphatic carbocycles. The molecule has 0 saturated carbocycles. The summed E-state index contributed by atoms with van der Waals surface area (Å²) in [5.41, 5.74) is 3.01. The summed E-state index contributed by atoms with van der Waals surface area (Å²) >= 11 is 9.42. The van der Waals surface area contributed by atoms with Crippen LogP contribution < -0.4 is 26.0 Å². The fraction of sp³-hybridized carbons (Fsp3) is 0.233. The van der Waals surface area contributed by atoms with E-state index in [1.165, 1.54) is 0 Å². The third-order valence-corrected chi connectivity index (χ3v) is 7.05. The van der Waals surface area contributed by atoms with Gasteiger partial charge in [0.2, 0.25) is 0 Å². The second-order valence-electron chi connectivity index (χ2n) is 9.32. The Morgan fingerprint density at radius 1 is 1.05 bits per heavy atom. The number of methoxy groups -OCH3 is 1. The molecule has 3 amide bonds. The summed E-state index contributed by atoms with van der Waals surface area (Å²) in [7, 11) is 1.64. The molecule has 4 N–H and O–H groups in total. The van der Waals surface area contributed by atoms with E-state index < -0.39 is 12.1 Å². The molecule has 1 aromatic heterocycles. The SMILES string of the molecule is COc1cc(NC(C)CCCNC(=O)NC(C(=O)Nc2ccc(Br)cc2)c2ccc(Cl)cc2)c2ncccc2c1. The molecule has 4 rings (SSSR count). The average Bonchev–Trinajstić information content (AvgIpc) is 2.95. The largest absolute Gasteiger partial charge is 0.497 e. The third-order valence-electron chi connectivity index (χ3n) is 6.27. The Morgan fingerprint density at radius 2 is 1.80 bits per heavy atom. The zero-order valence-corrected chi connectivity index (χ0v) is 24.6. The number of aromatic nitrogens is 1. The molecule has 208 valence electrons. The molecular formula is C30H31BrClN5O3. The molecule has 40 heavy (non-hydrogen) atoms. The smallest absolute Gasteiger partial charge is 0.315 e. The number of amides is 3. The van der Waals surface area contributed by atoms with Gasteiger partial charge in [-0.05, 0) is 73.9 Å². The van der Waals surface area contributed by atoms with E-state index in [2.05, 4.69) is 49.1 Å². The Labute approximate surface area is 247 Å². The molecule has 0 aliphatic rings. The van der Waals surface area contributed by atoms with Gasteiger partial charge in [-0.25, -0.2) is 4.79 Å². The minimum Gasteiger partial charge on any atom is -0.497 e. The van der Waals surface area contributed by atoms with E-state index in [1.807, 2.05) is 36.4 Å². The van der Waals surface area contributed by atoms with Crippen LogP contribution in [0.15, 0.2) is 83.5 Å². The van der Waals surface area contributed by atoms with Crippen LogP contribution in [-0.2, 0) is 4.79 Å². The van der Waals surface area contributed by atoms with Gasteiger partial charge in [0, 0.05) is 45.4 Å². The van der Waals surface area contributed by atoms with Gasteiger partial charge in [-0.15, -0.1) is 0 Å². The van der Waals surface area contributed by atoms with Crippen molar-refractivity contribution in [2.75, 3.05) is 24.3 Å². The van der Waals surface area contributed by atoms with Crippen LogP contribution in [-0.4, -0.2) is 36.6 Å². The quantitative estimate of drug-likeness (QED) is 0.136. The molecule has 8 nitrogen and oxygen atoms in total. The van der Waals surface area contributed by atoms with Crippen LogP contribution in [0.25, 0.3) is 10.9 Å². The molecule has 1 heterocycles. The van der Waals surface area contributed by atoms with Gasteiger partial charge in [-0.2, -0.15) is 0 Å². The Morgan fingerprint density at radius 3 is 2.52 bits per heavy atom. The summed E-state index contributed by atoms with van der Waals surface area (Å²) in [6.45, 7) is 2.52. The summed E-state index contributed by atoms with van der Waals surface area (Å²) in [5.74, 6) is 0.393. The van der Waals surface area contributed by atoms with E-state index in [9.17, 15) is 9.59 Å². The molecule has 2 atom stereocenters. The lowest BCUT2D eigenvalue weighted by Crippen LogP contribution is -2.43. The lowest BCUT2D eigenvalue weighted by molar-refractivity contribution is -0.118. The fourth-order valence-corrected chi connectivity index (χ4v) is 4.62. The molecule has 0 spiro atoms. The van der Waals surface area contributed by atoms with Gasteiger partial charge in [0.25, 0.3) is 5.91 Å². The number of hydrogen-bond donors (Lipinski definition) is 4. The highest BCUT2D eigenvalue weighted by Crippen LogP contribution is 2.28. The van der Waals surface area contributed by atoms with E-state index in [4.69, 9.17) is 16.3 Å². The summed E-state index contributed by atoms with van der Waals surface area (Å²) in [4.78, 5) is 30.4. The summed E-state index contributed by atoms with van der Waals surface area (Å²) in [6.07, 6.45) is 3.30. The number of nitrogens with zero attached hydrogens (tertiary/aromatic N) is 1. The highest BCUT2D eigenvalue weighted by molar-refractivity contribution is 9.10. The minimum atomic E-state index is -0.907. The predicted molar refractivity (Wildman–Crippen MR) is 164 cm³/mol. The lowest BCUT2D eigenvalue weighted by atomic mass is 10.1. The van der Waals surface area contributed by atoms with Gasteiger partial charge >= 0.3 is 6.03 Å². The number of fused-ring (bicyclic) bond motifs is 1. The third kappa shape index (κ3) is 8.09. The molecule has 0 bridgehead atoms. The van der Waals surface area contributed by atoms with Gasteiger partial charge in [0.15, 0.2) is 0 Å². The zero-order chi connectivity index (χ0) is 28.5. The van der Waals surface area contributed by atoms with Crippen LogP contribution in [0.5, 0.6) is 5.75 Å². The van der Waals surface area contributed by atoms with Crippen molar-refractivity contribution in [3.05, 3.63) is 94.1 Å². The van der Waals surface area contributed by atoms with Gasteiger partial charge in [-0.1, -0.05) is 45.7 Å². The topological polar surface area (TPSA) is 104 Å². The number of ether oxygens (including phenoxy) is 1. The molecule has 0 radical (unpaired) electrons. The number of carbonyl (C=O) groups is 2. The molecule has 3 aromatic carbocycles. The first-order valence-electron chi connectivity index (χ1n) is 12.9. The van der Waals surface area contributed by atoms with Crippen molar-refractivity contribution >= 4 is 61.7 Å². The van der Waals surface area contributed by atoms with Crippen LogP contribution in [0.1, 0.15) is 31.4 Å². The number of nitrogens with one attached hydrogen (secondary N) is 4. The number of rotatable bonds is 11. The average molecular weight is 625 g/mol. The van der Waals surface area contributed by atoms with Crippen molar-refractivity contribution in [1.29, 1.82) is 0 Å². The highest BCUT2D eigenvalue weighted by atomic mass is 79.9. The van der Waals surface area contributed by atoms with E-state index in [0.717, 1.165) is 39.7 Å². The molecule has 0 saturated heterocycles. The van der Waals surface area contributed by atoms with E-state index in [-0.39, 0.29) is 11.9 Å². The second-order valence-corrected chi connectivity index (χ2v) is 10.7. The van der Waals surface area contributed by atoms with Gasteiger partial charge < -0.3 is 26.0 Å². The number of hydrogen-bond acceptors (Lipinski definition) is 5. The molecule has 0 fully saturated rings. The van der Waals surface area contributed by atoms with Gasteiger partial charge in [-0.3, -0.25) is 9.78 Å². The summed E-state index contributed by atoms with van der Waals surface area (Å²) < 4.78 is 6.33. The van der Waals surface area contributed by atoms with E-state index in [1.54, 1.807) is 49.7 Å². The van der Waals surface area contributed by atoms with Crippen molar-refractivity contribution in [2.24, 2.45) is 0 Å². The maximum Gasteiger partial charge on any atom is 0.315 e. The normalized spacial score (nSPS) is 12.3. The van der Waals surface area contributed by atoms with Crippen LogP contribution >= 0.6 is 27.5 Å². The first-order chi connectivity index (χ1) is 19.3. The monoisotopic (exact) mass is 623 g/mol. The predicted octanol–water partition coefficient (Wildman–Crippen LogP) is 6.92. The number of halogens is 2. The van der Waals surface area contributed by atoms with E-state index in [0.29, 0.717) is 22.8 Å². The number of anilines is 2. The first-order valence-corrected chi connectivity index (χ1v) is 14.0. The van der Waals surface area contributed by atoms with Crippen molar-refractivity contribution < 1.29 is 14.3 Å².